The Balaban J connectivity index is 2.25. The number of aromatic nitrogens is 1. The van der Waals surface area contributed by atoms with Crippen LogP contribution in [0.5, 0.6) is 0 Å². The van der Waals surface area contributed by atoms with E-state index in [2.05, 4.69) is 18.8 Å². The van der Waals surface area contributed by atoms with Gasteiger partial charge in [-0.25, -0.2) is 0 Å². The molecule has 3 rings (SSSR count). The van der Waals surface area contributed by atoms with Crippen LogP contribution in [0.3, 0.4) is 0 Å². The number of carbonyl (C=O) groups excluding carboxylic acids is 1. The molecule has 1 N–H and O–H groups in total. The molecule has 0 spiro atoms. The van der Waals surface area contributed by atoms with Gasteiger partial charge in [0.05, 0.1) is 5.56 Å². The minimum absolute atomic E-state index is 0.0481. The second kappa shape index (κ2) is 4.74. The van der Waals surface area contributed by atoms with Gasteiger partial charge in [-0.3, -0.25) is 9.59 Å². The molecule has 0 bridgehead atoms. The van der Waals surface area contributed by atoms with Crippen LogP contribution in [0.25, 0.3) is 10.9 Å². The Kier molecular flexibility index (Phi) is 3.17. The molecule has 0 radical (unpaired) electrons. The van der Waals surface area contributed by atoms with Crippen LogP contribution >= 0.6 is 11.6 Å². The van der Waals surface area contributed by atoms with E-state index in [-0.39, 0.29) is 11.2 Å². The summed E-state index contributed by atoms with van der Waals surface area (Å²) in [6, 6.07) is 5.16. The lowest BCUT2D eigenvalue weighted by atomic mass is 9.79. The van der Waals surface area contributed by atoms with Crippen molar-refractivity contribution in [1.82, 2.24) is 4.98 Å². The number of hydrogen-bond acceptors (Lipinski definition) is 2. The summed E-state index contributed by atoms with van der Waals surface area (Å²) in [5.74, 6) is 0.681. The Morgan fingerprint density at radius 1 is 1.25 bits per heavy atom. The van der Waals surface area contributed by atoms with Gasteiger partial charge in [0, 0.05) is 28.0 Å². The standard InChI is InChI=1S/C16H16ClNO2/c1-8(2)9-5-13-15(14(19)6-9)16(20)11-7-10(17)3-4-12(11)18-13/h3-4,7-9H,5-6H2,1-2H3,(H,18,20). The molecule has 0 amide bonds. The Hall–Kier alpha value is -1.61. The van der Waals surface area contributed by atoms with Crippen LogP contribution in [0.15, 0.2) is 23.0 Å². The third-order valence-corrected chi connectivity index (χ3v) is 4.41. The molecule has 1 aromatic carbocycles. The van der Waals surface area contributed by atoms with Crippen molar-refractivity contribution >= 4 is 28.3 Å². The van der Waals surface area contributed by atoms with Gasteiger partial charge >= 0.3 is 0 Å². The first-order valence-electron chi connectivity index (χ1n) is 6.85. The molecule has 0 saturated carbocycles. The van der Waals surface area contributed by atoms with Crippen LogP contribution in [0, 0.1) is 11.8 Å². The first-order chi connectivity index (χ1) is 9.47. The van der Waals surface area contributed by atoms with Crippen molar-refractivity contribution in [2.75, 3.05) is 0 Å². The summed E-state index contributed by atoms with van der Waals surface area (Å²) >= 11 is 5.94. The zero-order valence-corrected chi connectivity index (χ0v) is 12.3. The van der Waals surface area contributed by atoms with Gasteiger partial charge < -0.3 is 4.98 Å². The Morgan fingerprint density at radius 3 is 2.70 bits per heavy atom. The van der Waals surface area contributed by atoms with Crippen molar-refractivity contribution < 1.29 is 4.79 Å². The number of fused-ring (bicyclic) bond motifs is 2. The zero-order valence-electron chi connectivity index (χ0n) is 11.5. The molecular weight excluding hydrogens is 274 g/mol. The van der Waals surface area contributed by atoms with Gasteiger partial charge in [0.2, 0.25) is 5.43 Å². The van der Waals surface area contributed by atoms with E-state index in [9.17, 15) is 9.59 Å². The van der Waals surface area contributed by atoms with E-state index in [1.807, 2.05) is 0 Å². The normalized spacial score (nSPS) is 18.6. The lowest BCUT2D eigenvalue weighted by Gasteiger charge is -2.26. The number of rotatable bonds is 1. The number of ketones is 1. The molecule has 0 saturated heterocycles. The SMILES string of the molecule is CC(C)C1CC(=O)c2c([nH]c3ccc(Cl)cc3c2=O)C1. The molecule has 1 aliphatic rings. The van der Waals surface area contributed by atoms with Crippen LogP contribution in [-0.4, -0.2) is 10.8 Å². The van der Waals surface area contributed by atoms with Crippen molar-refractivity contribution in [3.05, 3.63) is 44.7 Å². The number of benzene rings is 1. The van der Waals surface area contributed by atoms with E-state index in [0.29, 0.717) is 34.2 Å². The molecule has 0 fully saturated rings. The number of aromatic amines is 1. The highest BCUT2D eigenvalue weighted by Gasteiger charge is 2.30. The van der Waals surface area contributed by atoms with Crippen LogP contribution in [0.2, 0.25) is 5.02 Å². The number of hydrogen-bond donors (Lipinski definition) is 1. The van der Waals surface area contributed by atoms with Gasteiger partial charge in [0.25, 0.3) is 0 Å². The van der Waals surface area contributed by atoms with Crippen LogP contribution < -0.4 is 5.43 Å². The van der Waals surface area contributed by atoms with E-state index in [0.717, 1.165) is 17.6 Å². The fourth-order valence-electron chi connectivity index (χ4n) is 2.90. The highest BCUT2D eigenvalue weighted by molar-refractivity contribution is 6.31. The highest BCUT2D eigenvalue weighted by Crippen LogP contribution is 2.29. The van der Waals surface area contributed by atoms with Crippen molar-refractivity contribution in [3.63, 3.8) is 0 Å². The van der Waals surface area contributed by atoms with Gasteiger partial charge in [0.1, 0.15) is 0 Å². The fourth-order valence-corrected chi connectivity index (χ4v) is 3.08. The number of H-pyrrole nitrogens is 1. The molecular formula is C16H16ClNO2. The summed E-state index contributed by atoms with van der Waals surface area (Å²) in [6.07, 6.45) is 1.21. The lowest BCUT2D eigenvalue weighted by Crippen LogP contribution is -2.30. The Labute approximate surface area is 122 Å². The summed E-state index contributed by atoms with van der Waals surface area (Å²) in [5, 5.41) is 0.999. The van der Waals surface area contributed by atoms with Crippen LogP contribution in [-0.2, 0) is 6.42 Å². The topological polar surface area (TPSA) is 49.9 Å². The Bertz CT molecular complexity index is 761. The third-order valence-electron chi connectivity index (χ3n) is 4.18. The molecule has 3 nitrogen and oxygen atoms in total. The third kappa shape index (κ3) is 2.06. The summed E-state index contributed by atoms with van der Waals surface area (Å²) in [7, 11) is 0. The van der Waals surface area contributed by atoms with E-state index >= 15 is 0 Å². The van der Waals surface area contributed by atoms with Crippen LogP contribution in [0.4, 0.5) is 0 Å². The smallest absolute Gasteiger partial charge is 0.200 e. The maximum Gasteiger partial charge on any atom is 0.200 e. The van der Waals surface area contributed by atoms with Crippen molar-refractivity contribution in [2.24, 2.45) is 11.8 Å². The predicted octanol–water partition coefficient (Wildman–Crippen LogP) is 3.58. The molecule has 1 aliphatic carbocycles. The summed E-state index contributed by atoms with van der Waals surface area (Å²) in [6.45, 7) is 4.23. The molecule has 0 aliphatic heterocycles. The molecule has 1 atom stereocenters. The molecule has 1 unspecified atom stereocenters. The van der Waals surface area contributed by atoms with E-state index in [4.69, 9.17) is 11.6 Å². The zero-order chi connectivity index (χ0) is 14.4. The fraction of sp³-hybridized carbons (Fsp3) is 0.375. The van der Waals surface area contributed by atoms with Crippen molar-refractivity contribution in [2.45, 2.75) is 26.7 Å². The van der Waals surface area contributed by atoms with Crippen LogP contribution in [0.1, 0.15) is 36.3 Å². The average Bonchev–Trinajstić information content (AvgIpc) is 2.39. The summed E-state index contributed by atoms with van der Waals surface area (Å²) < 4.78 is 0. The van der Waals surface area contributed by atoms with E-state index in [1.165, 1.54) is 0 Å². The average molecular weight is 290 g/mol. The quantitative estimate of drug-likeness (QED) is 0.872. The van der Waals surface area contributed by atoms with Gasteiger partial charge in [-0.2, -0.15) is 0 Å². The largest absolute Gasteiger partial charge is 0.358 e. The number of halogens is 1. The first kappa shape index (κ1) is 13.4. The molecule has 1 heterocycles. The maximum absolute atomic E-state index is 12.5. The minimum Gasteiger partial charge on any atom is -0.358 e. The molecule has 2 aromatic rings. The molecule has 20 heavy (non-hydrogen) atoms. The summed E-state index contributed by atoms with van der Waals surface area (Å²) in [4.78, 5) is 28.1. The molecule has 1 aromatic heterocycles. The molecule has 4 heteroatoms. The van der Waals surface area contributed by atoms with Crippen molar-refractivity contribution in [1.29, 1.82) is 0 Å². The predicted molar refractivity (Wildman–Crippen MR) is 80.6 cm³/mol. The van der Waals surface area contributed by atoms with Gasteiger partial charge in [0.15, 0.2) is 5.78 Å². The van der Waals surface area contributed by atoms with Gasteiger partial charge in [-0.05, 0) is 36.5 Å². The molecule has 104 valence electrons. The number of pyridine rings is 1. The first-order valence-corrected chi connectivity index (χ1v) is 7.22. The van der Waals surface area contributed by atoms with Gasteiger partial charge in [-0.15, -0.1) is 0 Å². The number of carbonyl (C=O) groups is 1. The van der Waals surface area contributed by atoms with Crippen molar-refractivity contribution in [3.8, 4) is 0 Å². The van der Waals surface area contributed by atoms with E-state index in [1.54, 1.807) is 18.2 Å². The maximum atomic E-state index is 12.5. The summed E-state index contributed by atoms with van der Waals surface area (Å²) in [5.41, 5.74) is 1.66. The lowest BCUT2D eigenvalue weighted by molar-refractivity contribution is 0.0930. The second-order valence-corrected chi connectivity index (χ2v) is 6.27. The Morgan fingerprint density at radius 2 is 2.00 bits per heavy atom. The minimum atomic E-state index is -0.191. The monoisotopic (exact) mass is 289 g/mol. The second-order valence-electron chi connectivity index (χ2n) is 5.83. The number of Topliss-reactive ketones (excluding diaryl/α,β-unsaturated/α-hetero) is 1. The van der Waals surface area contributed by atoms with E-state index < -0.39 is 0 Å². The highest BCUT2D eigenvalue weighted by atomic mass is 35.5. The van der Waals surface area contributed by atoms with Gasteiger partial charge in [-0.1, -0.05) is 25.4 Å². The number of nitrogens with one attached hydrogen (secondary N) is 1.